The van der Waals surface area contributed by atoms with Crippen LogP contribution in [0.1, 0.15) is 40.0 Å². The number of likely N-dealkylation sites (tertiary alicyclic amines) is 1. The van der Waals surface area contributed by atoms with Gasteiger partial charge in [0.1, 0.15) is 11.5 Å². The molecule has 2 heterocycles. The molecule has 2 aliphatic heterocycles. The highest BCUT2D eigenvalue weighted by atomic mass is 16.5. The molecule has 5 rings (SSSR count). The Morgan fingerprint density at radius 2 is 1.57 bits per heavy atom. The van der Waals surface area contributed by atoms with Crippen molar-refractivity contribution >= 4 is 17.5 Å². The summed E-state index contributed by atoms with van der Waals surface area (Å²) in [5, 5.41) is 0. The van der Waals surface area contributed by atoms with Gasteiger partial charge in [0.25, 0.3) is 11.8 Å². The van der Waals surface area contributed by atoms with Crippen LogP contribution in [-0.4, -0.2) is 50.1 Å². The zero-order valence-electron chi connectivity index (χ0n) is 19.7. The van der Waals surface area contributed by atoms with Crippen molar-refractivity contribution in [3.8, 4) is 23.0 Å². The summed E-state index contributed by atoms with van der Waals surface area (Å²) >= 11 is 0. The fourth-order valence-electron chi connectivity index (χ4n) is 4.53. The summed E-state index contributed by atoms with van der Waals surface area (Å²) in [5.74, 6) is 1.44. The quantitative estimate of drug-likeness (QED) is 0.317. The van der Waals surface area contributed by atoms with Crippen molar-refractivity contribution in [1.29, 1.82) is 0 Å². The predicted molar refractivity (Wildman–Crippen MR) is 133 cm³/mol. The Bertz CT molecular complexity index is 1220. The van der Waals surface area contributed by atoms with E-state index in [4.69, 9.17) is 14.2 Å². The predicted octanol–water partition coefficient (Wildman–Crippen LogP) is 5.15. The molecular formula is C28H28N2O5. The number of ether oxygens (including phenoxy) is 3. The van der Waals surface area contributed by atoms with Crippen LogP contribution in [0.3, 0.4) is 0 Å². The Kier molecular flexibility index (Phi) is 6.68. The molecule has 0 bridgehead atoms. The summed E-state index contributed by atoms with van der Waals surface area (Å²) in [4.78, 5) is 29.9. The molecule has 7 nitrogen and oxygen atoms in total. The fourth-order valence-corrected chi connectivity index (χ4v) is 4.53. The van der Waals surface area contributed by atoms with E-state index in [9.17, 15) is 9.59 Å². The standard InChI is InChI=1S/C28H28N2O5/c1-33-26-18-20(10-13-25(26)34-17-7-16-29-14-5-6-15-29)30-27(31)23-12-11-22(19-24(23)28(30)32)35-21-8-3-2-4-9-21/h2-4,8-13,18-19H,5-7,14-17H2,1H3. The molecule has 1 saturated heterocycles. The van der Waals surface area contributed by atoms with Crippen LogP contribution in [0.5, 0.6) is 23.0 Å². The molecule has 0 N–H and O–H groups in total. The minimum Gasteiger partial charge on any atom is -0.493 e. The lowest BCUT2D eigenvalue weighted by atomic mass is 10.1. The molecule has 180 valence electrons. The van der Waals surface area contributed by atoms with Gasteiger partial charge in [-0.2, -0.15) is 0 Å². The molecule has 3 aromatic rings. The van der Waals surface area contributed by atoms with Crippen LogP contribution in [0.4, 0.5) is 5.69 Å². The van der Waals surface area contributed by atoms with Gasteiger partial charge in [-0.25, -0.2) is 4.90 Å². The van der Waals surface area contributed by atoms with Crippen LogP contribution < -0.4 is 19.1 Å². The van der Waals surface area contributed by atoms with E-state index in [1.54, 1.807) is 43.5 Å². The second kappa shape index (κ2) is 10.2. The SMILES string of the molecule is COc1cc(N2C(=O)c3ccc(Oc4ccccc4)cc3C2=O)ccc1OCCCN1CCCC1. The number of amides is 2. The number of fused-ring (bicyclic) bond motifs is 1. The topological polar surface area (TPSA) is 68.3 Å². The second-order valence-corrected chi connectivity index (χ2v) is 8.65. The Morgan fingerprint density at radius 1 is 0.800 bits per heavy atom. The van der Waals surface area contributed by atoms with Crippen LogP contribution in [-0.2, 0) is 0 Å². The maximum atomic E-state index is 13.2. The number of anilines is 1. The molecule has 7 heteroatoms. The molecule has 35 heavy (non-hydrogen) atoms. The number of para-hydroxylation sites is 1. The number of imide groups is 1. The average molecular weight is 473 g/mol. The maximum absolute atomic E-state index is 13.2. The van der Waals surface area contributed by atoms with Gasteiger partial charge in [0, 0.05) is 12.6 Å². The Labute approximate surface area is 204 Å². The van der Waals surface area contributed by atoms with Crippen LogP contribution in [0.25, 0.3) is 0 Å². The number of carbonyl (C=O) groups excluding carboxylic acids is 2. The summed E-state index contributed by atoms with van der Waals surface area (Å²) < 4.78 is 17.3. The number of methoxy groups -OCH3 is 1. The van der Waals surface area contributed by atoms with Crippen molar-refractivity contribution in [1.82, 2.24) is 4.90 Å². The van der Waals surface area contributed by atoms with E-state index in [0.717, 1.165) is 31.0 Å². The monoisotopic (exact) mass is 472 g/mol. The molecule has 0 atom stereocenters. The van der Waals surface area contributed by atoms with Crippen LogP contribution in [0.15, 0.2) is 66.7 Å². The third-order valence-corrected chi connectivity index (χ3v) is 6.32. The van der Waals surface area contributed by atoms with Crippen LogP contribution >= 0.6 is 0 Å². The molecule has 0 unspecified atom stereocenters. The largest absolute Gasteiger partial charge is 0.493 e. The first kappa shape index (κ1) is 22.9. The Hall–Kier alpha value is -3.84. The van der Waals surface area contributed by atoms with Crippen LogP contribution in [0.2, 0.25) is 0 Å². The third kappa shape index (κ3) is 4.86. The highest BCUT2D eigenvalue weighted by Gasteiger charge is 2.37. The fraction of sp³-hybridized carbons (Fsp3) is 0.286. The lowest BCUT2D eigenvalue weighted by Crippen LogP contribution is -2.29. The third-order valence-electron chi connectivity index (χ3n) is 6.32. The molecule has 3 aromatic carbocycles. The van der Waals surface area contributed by atoms with Gasteiger partial charge in [0.2, 0.25) is 0 Å². The van der Waals surface area contributed by atoms with E-state index in [1.807, 2.05) is 30.3 Å². The second-order valence-electron chi connectivity index (χ2n) is 8.65. The molecule has 0 spiro atoms. The van der Waals surface area contributed by atoms with Crippen molar-refractivity contribution in [2.24, 2.45) is 0 Å². The number of benzene rings is 3. The smallest absolute Gasteiger partial charge is 0.266 e. The average Bonchev–Trinajstić information content (AvgIpc) is 3.49. The molecule has 0 radical (unpaired) electrons. The highest BCUT2D eigenvalue weighted by Crippen LogP contribution is 2.37. The lowest BCUT2D eigenvalue weighted by Gasteiger charge is -2.18. The van der Waals surface area contributed by atoms with Gasteiger partial charge in [-0.1, -0.05) is 18.2 Å². The normalized spacial score (nSPS) is 15.4. The summed E-state index contributed by atoms with van der Waals surface area (Å²) in [5.41, 5.74) is 1.09. The van der Waals surface area contributed by atoms with Crippen molar-refractivity contribution in [3.63, 3.8) is 0 Å². The molecular weight excluding hydrogens is 444 g/mol. The van der Waals surface area contributed by atoms with Gasteiger partial charge in [-0.15, -0.1) is 0 Å². The van der Waals surface area contributed by atoms with Crippen molar-refractivity contribution < 1.29 is 23.8 Å². The van der Waals surface area contributed by atoms with E-state index in [1.165, 1.54) is 12.8 Å². The van der Waals surface area contributed by atoms with Gasteiger partial charge in [-0.3, -0.25) is 9.59 Å². The number of hydrogen-bond acceptors (Lipinski definition) is 6. The van der Waals surface area contributed by atoms with Crippen LogP contribution in [0, 0.1) is 0 Å². The van der Waals surface area contributed by atoms with Gasteiger partial charge in [0.05, 0.1) is 30.5 Å². The van der Waals surface area contributed by atoms with E-state index < -0.39 is 5.91 Å². The molecule has 2 amide bonds. The summed E-state index contributed by atoms with van der Waals surface area (Å²) in [6.45, 7) is 3.92. The summed E-state index contributed by atoms with van der Waals surface area (Å²) in [7, 11) is 1.55. The lowest BCUT2D eigenvalue weighted by molar-refractivity contribution is 0.0926. The van der Waals surface area contributed by atoms with Gasteiger partial charge in [0.15, 0.2) is 11.5 Å². The zero-order chi connectivity index (χ0) is 24.2. The van der Waals surface area contributed by atoms with E-state index in [2.05, 4.69) is 4.90 Å². The number of hydrogen-bond donors (Lipinski definition) is 0. The van der Waals surface area contributed by atoms with Crippen molar-refractivity contribution in [2.45, 2.75) is 19.3 Å². The van der Waals surface area contributed by atoms with E-state index in [-0.39, 0.29) is 5.91 Å². The van der Waals surface area contributed by atoms with Gasteiger partial charge >= 0.3 is 0 Å². The Morgan fingerprint density at radius 3 is 2.34 bits per heavy atom. The van der Waals surface area contributed by atoms with Crippen molar-refractivity contribution in [3.05, 3.63) is 77.9 Å². The number of carbonyl (C=O) groups is 2. The number of nitrogens with zero attached hydrogens (tertiary/aromatic N) is 2. The van der Waals surface area contributed by atoms with E-state index in [0.29, 0.717) is 46.4 Å². The molecule has 1 fully saturated rings. The van der Waals surface area contributed by atoms with Gasteiger partial charge in [-0.05, 0) is 74.8 Å². The minimum atomic E-state index is -0.398. The maximum Gasteiger partial charge on any atom is 0.266 e. The minimum absolute atomic E-state index is 0.310. The highest BCUT2D eigenvalue weighted by molar-refractivity contribution is 6.34. The molecule has 2 aliphatic rings. The first-order valence-corrected chi connectivity index (χ1v) is 11.9. The van der Waals surface area contributed by atoms with E-state index >= 15 is 0 Å². The number of rotatable bonds is 9. The summed E-state index contributed by atoms with van der Waals surface area (Å²) in [6.07, 6.45) is 3.47. The first-order valence-electron chi connectivity index (χ1n) is 11.9. The van der Waals surface area contributed by atoms with Crippen molar-refractivity contribution in [2.75, 3.05) is 38.3 Å². The summed E-state index contributed by atoms with van der Waals surface area (Å²) in [6, 6.07) is 19.3. The first-order chi connectivity index (χ1) is 17.1. The zero-order valence-corrected chi connectivity index (χ0v) is 19.7. The molecule has 0 aliphatic carbocycles. The molecule has 0 saturated carbocycles. The Balaban J connectivity index is 1.29. The van der Waals surface area contributed by atoms with Gasteiger partial charge < -0.3 is 19.1 Å². The molecule has 0 aromatic heterocycles.